The van der Waals surface area contributed by atoms with Crippen LogP contribution in [-0.2, 0) is 17.0 Å². The number of thioether (sulfide) groups is 1. The van der Waals surface area contributed by atoms with Crippen LogP contribution < -0.4 is 5.63 Å². The van der Waals surface area contributed by atoms with Crippen molar-refractivity contribution in [3.8, 4) is 0 Å². The molecule has 1 fully saturated rings. The number of rotatable bonds is 5. The molecule has 4 aromatic rings. The maximum Gasteiger partial charge on any atom is 0.336 e. The zero-order valence-corrected chi connectivity index (χ0v) is 18.0. The molecular formula is C24H24N2O3S. The monoisotopic (exact) mass is 420 g/mol. The molecule has 2 aromatic carbocycles. The Labute approximate surface area is 179 Å². The molecule has 5 rings (SSSR count). The van der Waals surface area contributed by atoms with Crippen molar-refractivity contribution in [2.24, 2.45) is 0 Å². The van der Waals surface area contributed by atoms with Gasteiger partial charge in [-0.2, -0.15) is 0 Å². The van der Waals surface area contributed by atoms with Crippen molar-refractivity contribution < 1.29 is 9.15 Å². The molecule has 2 aromatic heterocycles. The molecule has 3 heterocycles. The Morgan fingerprint density at radius 2 is 2.07 bits per heavy atom. The molecule has 0 amide bonds. The number of imidazole rings is 1. The second-order valence-electron chi connectivity index (χ2n) is 7.85. The topological polar surface area (TPSA) is 57.3 Å². The molecule has 0 unspecified atom stereocenters. The van der Waals surface area contributed by atoms with Gasteiger partial charge in [-0.25, -0.2) is 9.78 Å². The van der Waals surface area contributed by atoms with Crippen LogP contribution >= 0.6 is 11.8 Å². The van der Waals surface area contributed by atoms with Gasteiger partial charge in [-0.3, -0.25) is 0 Å². The van der Waals surface area contributed by atoms with Crippen LogP contribution in [0.1, 0.15) is 29.8 Å². The number of ether oxygens (including phenoxy) is 1. The standard InChI is InChI=1S/C24H24N2O3S/c1-15-16(2)26(13-19-7-5-11-28-19)24(25-15)30-14-18-12-22(27)29-21-10-9-17-6-3-4-8-20(17)23(18)21/h3-4,6,8-10,12,19H,5,7,11,13-14H2,1-2H3/t19-/m1/s1. The molecule has 5 nitrogen and oxygen atoms in total. The summed E-state index contributed by atoms with van der Waals surface area (Å²) < 4.78 is 13.6. The zero-order chi connectivity index (χ0) is 20.7. The summed E-state index contributed by atoms with van der Waals surface area (Å²) in [5.74, 6) is 0.650. The Bertz CT molecular complexity index is 1290. The first-order valence-corrected chi connectivity index (χ1v) is 11.3. The Hall–Kier alpha value is -2.57. The van der Waals surface area contributed by atoms with E-state index in [0.29, 0.717) is 11.3 Å². The first-order valence-electron chi connectivity index (χ1n) is 10.3. The lowest BCUT2D eigenvalue weighted by molar-refractivity contribution is 0.0945. The number of benzene rings is 2. The molecule has 0 bridgehead atoms. The number of fused-ring (bicyclic) bond motifs is 3. The average molecular weight is 421 g/mol. The highest BCUT2D eigenvalue weighted by Gasteiger charge is 2.21. The molecule has 0 spiro atoms. The van der Waals surface area contributed by atoms with Crippen molar-refractivity contribution >= 4 is 33.5 Å². The number of hydrogen-bond donors (Lipinski definition) is 0. The highest BCUT2D eigenvalue weighted by Crippen LogP contribution is 2.32. The molecule has 30 heavy (non-hydrogen) atoms. The van der Waals surface area contributed by atoms with Gasteiger partial charge in [0.25, 0.3) is 0 Å². The fourth-order valence-electron chi connectivity index (χ4n) is 4.22. The fraction of sp³-hybridized carbons (Fsp3) is 0.333. The van der Waals surface area contributed by atoms with Gasteiger partial charge < -0.3 is 13.7 Å². The largest absolute Gasteiger partial charge is 0.423 e. The van der Waals surface area contributed by atoms with E-state index in [2.05, 4.69) is 23.6 Å². The minimum atomic E-state index is -0.316. The first kappa shape index (κ1) is 19.4. The van der Waals surface area contributed by atoms with E-state index in [4.69, 9.17) is 14.1 Å². The van der Waals surface area contributed by atoms with Gasteiger partial charge in [0, 0.05) is 29.5 Å². The summed E-state index contributed by atoms with van der Waals surface area (Å²) in [7, 11) is 0. The summed E-state index contributed by atoms with van der Waals surface area (Å²) in [5, 5.41) is 4.22. The van der Waals surface area contributed by atoms with E-state index in [9.17, 15) is 4.79 Å². The summed E-state index contributed by atoms with van der Waals surface area (Å²) in [6.45, 7) is 5.83. The first-order chi connectivity index (χ1) is 14.6. The van der Waals surface area contributed by atoms with Crippen LogP contribution in [0.2, 0.25) is 0 Å². The predicted octanol–water partition coefficient (Wildman–Crippen LogP) is 5.23. The Kier molecular flexibility index (Phi) is 5.13. The van der Waals surface area contributed by atoms with E-state index in [1.54, 1.807) is 17.8 Å². The predicted molar refractivity (Wildman–Crippen MR) is 120 cm³/mol. The summed E-state index contributed by atoms with van der Waals surface area (Å²) in [6, 6.07) is 13.7. The maximum atomic E-state index is 12.2. The zero-order valence-electron chi connectivity index (χ0n) is 17.2. The smallest absolute Gasteiger partial charge is 0.336 e. The van der Waals surface area contributed by atoms with Crippen LogP contribution in [0.15, 0.2) is 56.8 Å². The molecule has 1 saturated heterocycles. The Balaban J connectivity index is 1.52. The van der Waals surface area contributed by atoms with Crippen molar-refractivity contribution in [3.05, 3.63) is 69.8 Å². The van der Waals surface area contributed by atoms with Gasteiger partial charge in [-0.1, -0.05) is 42.1 Å². The van der Waals surface area contributed by atoms with Gasteiger partial charge in [0.05, 0.1) is 18.3 Å². The van der Waals surface area contributed by atoms with E-state index in [1.165, 1.54) is 5.69 Å². The van der Waals surface area contributed by atoms with Crippen LogP contribution in [0, 0.1) is 13.8 Å². The molecule has 6 heteroatoms. The minimum absolute atomic E-state index is 0.255. The summed E-state index contributed by atoms with van der Waals surface area (Å²) >= 11 is 1.67. The number of aromatic nitrogens is 2. The molecule has 1 aliphatic heterocycles. The number of aryl methyl sites for hydroxylation is 1. The normalized spacial score (nSPS) is 16.7. The van der Waals surface area contributed by atoms with Crippen molar-refractivity contribution in [2.45, 2.75) is 50.2 Å². The molecule has 0 N–H and O–H groups in total. The number of hydrogen-bond acceptors (Lipinski definition) is 5. The second-order valence-corrected chi connectivity index (χ2v) is 8.79. The third-order valence-corrected chi connectivity index (χ3v) is 6.93. The van der Waals surface area contributed by atoms with Crippen LogP contribution in [-0.4, -0.2) is 22.3 Å². The molecule has 0 saturated carbocycles. The van der Waals surface area contributed by atoms with Crippen molar-refractivity contribution in [1.82, 2.24) is 9.55 Å². The summed E-state index contributed by atoms with van der Waals surface area (Å²) in [4.78, 5) is 17.0. The fourth-order valence-corrected chi connectivity index (χ4v) is 5.30. The lowest BCUT2D eigenvalue weighted by atomic mass is 10.0. The second kappa shape index (κ2) is 7.93. The Morgan fingerprint density at radius 3 is 2.90 bits per heavy atom. The molecule has 0 aliphatic carbocycles. The van der Waals surface area contributed by atoms with Gasteiger partial charge in [-0.05, 0) is 49.1 Å². The lowest BCUT2D eigenvalue weighted by Crippen LogP contribution is -2.16. The van der Waals surface area contributed by atoms with E-state index < -0.39 is 0 Å². The van der Waals surface area contributed by atoms with Gasteiger partial charge >= 0.3 is 5.63 Å². The van der Waals surface area contributed by atoms with E-state index >= 15 is 0 Å². The van der Waals surface area contributed by atoms with Crippen LogP contribution in [0.3, 0.4) is 0 Å². The number of nitrogens with zero attached hydrogens (tertiary/aromatic N) is 2. The van der Waals surface area contributed by atoms with Gasteiger partial charge in [0.1, 0.15) is 5.58 Å². The van der Waals surface area contributed by atoms with Crippen LogP contribution in [0.4, 0.5) is 0 Å². The average Bonchev–Trinajstić information content (AvgIpc) is 3.35. The summed E-state index contributed by atoms with van der Waals surface area (Å²) in [5.41, 5.74) is 3.51. The quantitative estimate of drug-likeness (QED) is 0.251. The van der Waals surface area contributed by atoms with E-state index in [1.807, 2.05) is 31.2 Å². The van der Waals surface area contributed by atoms with Gasteiger partial charge in [-0.15, -0.1) is 0 Å². The summed E-state index contributed by atoms with van der Waals surface area (Å²) in [6.07, 6.45) is 2.47. The molecular weight excluding hydrogens is 396 g/mol. The highest BCUT2D eigenvalue weighted by molar-refractivity contribution is 7.98. The highest BCUT2D eigenvalue weighted by atomic mass is 32.2. The minimum Gasteiger partial charge on any atom is -0.423 e. The van der Waals surface area contributed by atoms with E-state index in [-0.39, 0.29) is 11.7 Å². The molecule has 1 atom stereocenters. The van der Waals surface area contributed by atoms with Crippen molar-refractivity contribution in [3.63, 3.8) is 0 Å². The lowest BCUT2D eigenvalue weighted by Gasteiger charge is -2.15. The molecule has 1 aliphatic rings. The van der Waals surface area contributed by atoms with Gasteiger partial charge in [0.15, 0.2) is 5.16 Å². The maximum absolute atomic E-state index is 12.2. The Morgan fingerprint density at radius 1 is 1.20 bits per heavy atom. The molecule has 0 radical (unpaired) electrons. The third kappa shape index (κ3) is 3.55. The van der Waals surface area contributed by atoms with Crippen molar-refractivity contribution in [2.75, 3.05) is 6.61 Å². The van der Waals surface area contributed by atoms with Crippen LogP contribution in [0.25, 0.3) is 21.7 Å². The third-order valence-electron chi connectivity index (χ3n) is 5.90. The van der Waals surface area contributed by atoms with E-state index in [0.717, 1.165) is 58.6 Å². The SMILES string of the molecule is Cc1nc(SCc2cc(=O)oc3ccc4ccccc4c23)n(C[C@H]2CCCO2)c1C. The van der Waals surface area contributed by atoms with Gasteiger partial charge in [0.2, 0.25) is 0 Å². The van der Waals surface area contributed by atoms with Crippen molar-refractivity contribution in [1.29, 1.82) is 0 Å². The van der Waals surface area contributed by atoms with Crippen LogP contribution in [0.5, 0.6) is 0 Å². The molecule has 154 valence electrons.